The molecule has 0 saturated carbocycles. The normalized spacial score (nSPS) is 21.8. The molecular weight excluding hydrogens is 214 g/mol. The maximum Gasteiger partial charge on any atom is 0.325 e. The van der Waals surface area contributed by atoms with Crippen LogP contribution in [-0.4, -0.2) is 41.6 Å². The monoisotopic (exact) mass is 229 g/mol. The van der Waals surface area contributed by atoms with Gasteiger partial charge in [-0.15, -0.1) is 0 Å². The Labute approximate surface area is 92.6 Å². The van der Waals surface area contributed by atoms with Crippen LogP contribution in [0.3, 0.4) is 0 Å². The van der Waals surface area contributed by atoms with E-state index in [-0.39, 0.29) is 11.9 Å². The van der Waals surface area contributed by atoms with Gasteiger partial charge in [-0.1, -0.05) is 0 Å². The fraction of sp³-hybridized carbons (Fsp3) is 0.667. The minimum atomic E-state index is -1.09. The second-order valence-corrected chi connectivity index (χ2v) is 3.72. The first-order chi connectivity index (χ1) is 7.49. The number of carbonyl (C=O) groups excluding carboxylic acids is 2. The molecule has 4 N–H and O–H groups in total. The van der Waals surface area contributed by atoms with E-state index in [9.17, 15) is 14.4 Å². The average Bonchev–Trinajstić information content (AvgIpc) is 2.21. The van der Waals surface area contributed by atoms with Gasteiger partial charge in [0.05, 0.1) is 0 Å². The molecule has 2 atom stereocenters. The highest BCUT2D eigenvalue weighted by Gasteiger charge is 2.21. The molecule has 0 radical (unpaired) electrons. The predicted octanol–water partition coefficient (Wildman–Crippen LogP) is -0.963. The first-order valence-corrected chi connectivity index (χ1v) is 5.05. The van der Waals surface area contributed by atoms with Crippen LogP contribution in [0.5, 0.6) is 0 Å². The standard InChI is InChI=1S/C9H15N3O4/c1-5(8(14)15)11-9(16)12-6-2-3-7(13)10-4-6/h5-6H,2-4H2,1H3,(H,10,13)(H,14,15)(H2,11,12,16)/t5-,6?/m1/s1. The van der Waals surface area contributed by atoms with E-state index >= 15 is 0 Å². The summed E-state index contributed by atoms with van der Waals surface area (Å²) < 4.78 is 0. The second kappa shape index (κ2) is 5.34. The van der Waals surface area contributed by atoms with Crippen molar-refractivity contribution in [2.24, 2.45) is 0 Å². The lowest BCUT2D eigenvalue weighted by atomic mass is 10.1. The fourth-order valence-electron chi connectivity index (χ4n) is 1.34. The molecule has 0 aliphatic carbocycles. The first kappa shape index (κ1) is 12.3. The van der Waals surface area contributed by atoms with Gasteiger partial charge in [-0.3, -0.25) is 9.59 Å². The zero-order valence-electron chi connectivity index (χ0n) is 8.95. The van der Waals surface area contributed by atoms with Gasteiger partial charge in [0.25, 0.3) is 0 Å². The number of carboxylic acids is 1. The van der Waals surface area contributed by atoms with Crippen molar-refractivity contribution in [2.45, 2.75) is 31.8 Å². The summed E-state index contributed by atoms with van der Waals surface area (Å²) in [6.07, 6.45) is 0.945. The minimum absolute atomic E-state index is 0.0302. The third-order valence-electron chi connectivity index (χ3n) is 2.32. The molecule has 0 aromatic rings. The Kier molecular flexibility index (Phi) is 4.10. The predicted molar refractivity (Wildman–Crippen MR) is 54.8 cm³/mol. The third kappa shape index (κ3) is 3.76. The van der Waals surface area contributed by atoms with Gasteiger partial charge >= 0.3 is 12.0 Å². The molecule has 1 saturated heterocycles. The number of piperidine rings is 1. The molecule has 0 bridgehead atoms. The molecule has 7 nitrogen and oxygen atoms in total. The van der Waals surface area contributed by atoms with Crippen LogP contribution in [-0.2, 0) is 9.59 Å². The third-order valence-corrected chi connectivity index (χ3v) is 2.32. The molecule has 0 spiro atoms. The van der Waals surface area contributed by atoms with Gasteiger partial charge in [-0.05, 0) is 13.3 Å². The molecule has 16 heavy (non-hydrogen) atoms. The Morgan fingerprint density at radius 3 is 2.75 bits per heavy atom. The van der Waals surface area contributed by atoms with Crippen molar-refractivity contribution < 1.29 is 19.5 Å². The zero-order valence-corrected chi connectivity index (χ0v) is 8.95. The van der Waals surface area contributed by atoms with Crippen LogP contribution in [0, 0.1) is 0 Å². The van der Waals surface area contributed by atoms with E-state index in [2.05, 4.69) is 16.0 Å². The number of amides is 3. The molecule has 1 heterocycles. The van der Waals surface area contributed by atoms with Crippen LogP contribution in [0.4, 0.5) is 4.79 Å². The van der Waals surface area contributed by atoms with Crippen LogP contribution >= 0.6 is 0 Å². The highest BCUT2D eigenvalue weighted by Crippen LogP contribution is 2.02. The fourth-order valence-corrected chi connectivity index (χ4v) is 1.34. The van der Waals surface area contributed by atoms with Crippen LogP contribution in [0.2, 0.25) is 0 Å². The lowest BCUT2D eigenvalue weighted by Gasteiger charge is -2.24. The molecule has 3 amide bonds. The summed E-state index contributed by atoms with van der Waals surface area (Å²) in [7, 11) is 0. The molecule has 1 fully saturated rings. The summed E-state index contributed by atoms with van der Waals surface area (Å²) in [6.45, 7) is 1.76. The van der Waals surface area contributed by atoms with Gasteiger partial charge in [0, 0.05) is 19.0 Å². The van der Waals surface area contributed by atoms with E-state index in [4.69, 9.17) is 5.11 Å². The second-order valence-electron chi connectivity index (χ2n) is 3.72. The number of rotatable bonds is 3. The SMILES string of the molecule is C[C@@H](NC(=O)NC1CCC(=O)NC1)C(=O)O. The van der Waals surface area contributed by atoms with E-state index in [1.807, 2.05) is 0 Å². The molecule has 90 valence electrons. The Balaban J connectivity index is 2.29. The van der Waals surface area contributed by atoms with Crippen molar-refractivity contribution in [3.8, 4) is 0 Å². The molecule has 1 rings (SSSR count). The topological polar surface area (TPSA) is 108 Å². The summed E-state index contributed by atoms with van der Waals surface area (Å²) in [5.41, 5.74) is 0. The Hall–Kier alpha value is -1.79. The molecule has 0 aromatic heterocycles. The van der Waals surface area contributed by atoms with Gasteiger partial charge in [-0.25, -0.2) is 4.79 Å². The van der Waals surface area contributed by atoms with Crippen LogP contribution in [0.25, 0.3) is 0 Å². The molecule has 1 unspecified atom stereocenters. The number of hydrogen-bond acceptors (Lipinski definition) is 3. The number of urea groups is 1. The quantitative estimate of drug-likeness (QED) is 0.499. The van der Waals surface area contributed by atoms with Crippen molar-refractivity contribution in [2.75, 3.05) is 6.54 Å². The number of nitrogens with one attached hydrogen (secondary N) is 3. The summed E-state index contributed by atoms with van der Waals surface area (Å²) >= 11 is 0. The maximum absolute atomic E-state index is 11.3. The van der Waals surface area contributed by atoms with E-state index in [1.165, 1.54) is 6.92 Å². The number of carboxylic acid groups (broad SMARTS) is 1. The van der Waals surface area contributed by atoms with Gasteiger partial charge in [-0.2, -0.15) is 0 Å². The largest absolute Gasteiger partial charge is 0.480 e. The van der Waals surface area contributed by atoms with E-state index in [0.717, 1.165) is 0 Å². The summed E-state index contributed by atoms with van der Waals surface area (Å²) in [5, 5.41) is 16.1. The van der Waals surface area contributed by atoms with Crippen LogP contribution < -0.4 is 16.0 Å². The number of aliphatic carboxylic acids is 1. The molecule has 1 aliphatic rings. The molecule has 1 aliphatic heterocycles. The number of carbonyl (C=O) groups is 3. The lowest BCUT2D eigenvalue weighted by Crippen LogP contribution is -2.53. The molecular formula is C9H15N3O4. The van der Waals surface area contributed by atoms with Crippen molar-refractivity contribution in [1.82, 2.24) is 16.0 Å². The van der Waals surface area contributed by atoms with Gasteiger partial charge in [0.15, 0.2) is 0 Å². The van der Waals surface area contributed by atoms with Crippen LogP contribution in [0.1, 0.15) is 19.8 Å². The van der Waals surface area contributed by atoms with Gasteiger partial charge < -0.3 is 21.1 Å². The van der Waals surface area contributed by atoms with Crippen LogP contribution in [0.15, 0.2) is 0 Å². The summed E-state index contributed by atoms with van der Waals surface area (Å²) in [6, 6.07) is -1.60. The minimum Gasteiger partial charge on any atom is -0.480 e. The average molecular weight is 229 g/mol. The summed E-state index contributed by atoms with van der Waals surface area (Å²) in [4.78, 5) is 32.6. The highest BCUT2D eigenvalue weighted by molar-refractivity contribution is 5.82. The Morgan fingerprint density at radius 2 is 2.25 bits per heavy atom. The van der Waals surface area contributed by atoms with Gasteiger partial charge in [0.1, 0.15) is 6.04 Å². The number of hydrogen-bond donors (Lipinski definition) is 4. The van der Waals surface area contributed by atoms with Crippen molar-refractivity contribution in [1.29, 1.82) is 0 Å². The first-order valence-electron chi connectivity index (χ1n) is 5.05. The molecule has 7 heteroatoms. The van der Waals surface area contributed by atoms with Gasteiger partial charge in [0.2, 0.25) is 5.91 Å². The summed E-state index contributed by atoms with van der Waals surface area (Å²) in [5.74, 6) is -1.12. The lowest BCUT2D eigenvalue weighted by molar-refractivity contribution is -0.138. The smallest absolute Gasteiger partial charge is 0.325 e. The van der Waals surface area contributed by atoms with Crippen molar-refractivity contribution in [3.05, 3.63) is 0 Å². The zero-order chi connectivity index (χ0) is 12.1. The maximum atomic E-state index is 11.3. The van der Waals surface area contributed by atoms with E-state index < -0.39 is 18.0 Å². The van der Waals surface area contributed by atoms with Crippen molar-refractivity contribution >= 4 is 17.9 Å². The van der Waals surface area contributed by atoms with E-state index in [0.29, 0.717) is 19.4 Å². The molecule has 0 aromatic carbocycles. The Bertz CT molecular complexity index is 295. The Morgan fingerprint density at radius 1 is 1.56 bits per heavy atom. The van der Waals surface area contributed by atoms with Crippen molar-refractivity contribution in [3.63, 3.8) is 0 Å². The highest BCUT2D eigenvalue weighted by atomic mass is 16.4. The van der Waals surface area contributed by atoms with E-state index in [1.54, 1.807) is 0 Å².